The fourth-order valence-electron chi connectivity index (χ4n) is 1.53. The molecule has 0 aliphatic heterocycles. The summed E-state index contributed by atoms with van der Waals surface area (Å²) in [5.41, 5.74) is 7.74. The van der Waals surface area contributed by atoms with Gasteiger partial charge in [-0.05, 0) is 30.7 Å². The highest BCUT2D eigenvalue weighted by Gasteiger charge is 2.04. The van der Waals surface area contributed by atoms with E-state index in [9.17, 15) is 4.79 Å². The number of carbonyl (C=O) groups is 1. The van der Waals surface area contributed by atoms with E-state index in [1.54, 1.807) is 29.7 Å². The Morgan fingerprint density at radius 1 is 1.53 bits per heavy atom. The Kier molecular flexibility index (Phi) is 3.39. The van der Waals surface area contributed by atoms with Gasteiger partial charge in [-0.2, -0.15) is 0 Å². The zero-order valence-electron chi connectivity index (χ0n) is 9.43. The quantitative estimate of drug-likeness (QED) is 0.870. The van der Waals surface area contributed by atoms with E-state index in [0.29, 0.717) is 12.1 Å². The maximum absolute atomic E-state index is 11.0. The van der Waals surface area contributed by atoms with Gasteiger partial charge in [0.25, 0.3) is 0 Å². The summed E-state index contributed by atoms with van der Waals surface area (Å²) in [6, 6.07) is 5.37. The first-order valence-electron chi connectivity index (χ1n) is 5.19. The summed E-state index contributed by atoms with van der Waals surface area (Å²) in [6.07, 6.45) is 1.78. The van der Waals surface area contributed by atoms with E-state index in [2.05, 4.69) is 10.3 Å². The molecule has 2 aromatic rings. The smallest absolute Gasteiger partial charge is 0.248 e. The van der Waals surface area contributed by atoms with Crippen molar-refractivity contribution in [1.29, 1.82) is 0 Å². The van der Waals surface area contributed by atoms with Crippen molar-refractivity contribution in [3.8, 4) is 0 Å². The van der Waals surface area contributed by atoms with Gasteiger partial charge in [0.1, 0.15) is 5.01 Å². The monoisotopic (exact) mass is 247 g/mol. The third-order valence-corrected chi connectivity index (χ3v) is 3.20. The van der Waals surface area contributed by atoms with Crippen LogP contribution in [0.1, 0.15) is 20.9 Å². The summed E-state index contributed by atoms with van der Waals surface area (Å²) in [5, 5.41) is 6.25. The second-order valence-corrected chi connectivity index (χ2v) is 4.65. The number of hydrogen-bond acceptors (Lipinski definition) is 4. The van der Waals surface area contributed by atoms with Crippen LogP contribution >= 0.6 is 11.3 Å². The Labute approximate surface area is 103 Å². The summed E-state index contributed by atoms with van der Waals surface area (Å²) >= 11 is 1.61. The number of amides is 1. The second-order valence-electron chi connectivity index (χ2n) is 3.67. The maximum atomic E-state index is 11.0. The SMILES string of the molecule is Cc1cc(C(N)=O)ccc1NCc1nccs1. The topological polar surface area (TPSA) is 68.0 Å². The Hall–Kier alpha value is -1.88. The fraction of sp³-hybridized carbons (Fsp3) is 0.167. The van der Waals surface area contributed by atoms with E-state index in [1.165, 1.54) is 0 Å². The fourth-order valence-corrected chi connectivity index (χ4v) is 2.08. The number of carbonyl (C=O) groups excluding carboxylic acids is 1. The van der Waals surface area contributed by atoms with Crippen molar-refractivity contribution in [2.45, 2.75) is 13.5 Å². The number of aromatic nitrogens is 1. The molecule has 0 spiro atoms. The first kappa shape index (κ1) is 11.6. The highest BCUT2D eigenvalue weighted by molar-refractivity contribution is 7.09. The third-order valence-electron chi connectivity index (χ3n) is 2.42. The number of hydrogen-bond donors (Lipinski definition) is 2. The molecule has 1 aromatic carbocycles. The molecule has 0 saturated carbocycles. The molecule has 0 fully saturated rings. The number of primary amides is 1. The number of thiazole rings is 1. The van der Waals surface area contributed by atoms with Crippen LogP contribution in [0.25, 0.3) is 0 Å². The molecule has 0 unspecified atom stereocenters. The lowest BCUT2D eigenvalue weighted by Crippen LogP contribution is -2.11. The van der Waals surface area contributed by atoms with Crippen LogP contribution < -0.4 is 11.1 Å². The molecule has 0 bridgehead atoms. The minimum Gasteiger partial charge on any atom is -0.378 e. The van der Waals surface area contributed by atoms with Gasteiger partial charge in [-0.25, -0.2) is 4.98 Å². The summed E-state index contributed by atoms with van der Waals surface area (Å²) < 4.78 is 0. The minimum absolute atomic E-state index is 0.403. The highest BCUT2D eigenvalue weighted by Crippen LogP contribution is 2.17. The molecule has 17 heavy (non-hydrogen) atoms. The average molecular weight is 247 g/mol. The Bertz CT molecular complexity index is 523. The predicted octanol–water partition coefficient (Wildman–Crippen LogP) is 2.16. The Morgan fingerprint density at radius 3 is 2.94 bits per heavy atom. The van der Waals surface area contributed by atoms with E-state index >= 15 is 0 Å². The van der Waals surface area contributed by atoms with Crippen molar-refractivity contribution >= 4 is 22.9 Å². The predicted molar refractivity (Wildman–Crippen MR) is 69.1 cm³/mol. The van der Waals surface area contributed by atoms with Crippen molar-refractivity contribution in [3.05, 3.63) is 45.9 Å². The molecule has 0 atom stereocenters. The van der Waals surface area contributed by atoms with Crippen LogP contribution in [0, 0.1) is 6.92 Å². The first-order valence-corrected chi connectivity index (χ1v) is 6.07. The van der Waals surface area contributed by atoms with E-state index < -0.39 is 5.91 Å². The average Bonchev–Trinajstić information content (AvgIpc) is 2.80. The van der Waals surface area contributed by atoms with Gasteiger partial charge in [-0.3, -0.25) is 4.79 Å². The maximum Gasteiger partial charge on any atom is 0.248 e. The van der Waals surface area contributed by atoms with Gasteiger partial charge in [0, 0.05) is 22.8 Å². The molecule has 0 aliphatic carbocycles. The van der Waals surface area contributed by atoms with E-state index in [0.717, 1.165) is 16.3 Å². The van der Waals surface area contributed by atoms with Crippen LogP contribution in [0.4, 0.5) is 5.69 Å². The molecule has 0 radical (unpaired) electrons. The number of rotatable bonds is 4. The van der Waals surface area contributed by atoms with Crippen LogP contribution in [0.15, 0.2) is 29.8 Å². The number of nitrogens with one attached hydrogen (secondary N) is 1. The molecule has 1 amide bonds. The van der Waals surface area contributed by atoms with Crippen molar-refractivity contribution in [3.63, 3.8) is 0 Å². The number of benzene rings is 1. The molecule has 5 heteroatoms. The molecule has 88 valence electrons. The van der Waals surface area contributed by atoms with Crippen molar-refractivity contribution in [2.75, 3.05) is 5.32 Å². The molecule has 0 aliphatic rings. The zero-order valence-corrected chi connectivity index (χ0v) is 10.3. The number of nitrogens with zero attached hydrogens (tertiary/aromatic N) is 1. The molecule has 3 N–H and O–H groups in total. The minimum atomic E-state index is -0.403. The normalized spacial score (nSPS) is 10.2. The Morgan fingerprint density at radius 2 is 2.35 bits per heavy atom. The van der Waals surface area contributed by atoms with E-state index in [-0.39, 0.29) is 0 Å². The van der Waals surface area contributed by atoms with Gasteiger partial charge in [-0.1, -0.05) is 0 Å². The molecule has 1 aromatic heterocycles. The summed E-state index contributed by atoms with van der Waals surface area (Å²) in [7, 11) is 0. The lowest BCUT2D eigenvalue weighted by Gasteiger charge is -2.08. The third kappa shape index (κ3) is 2.82. The van der Waals surface area contributed by atoms with Crippen molar-refractivity contribution in [1.82, 2.24) is 4.98 Å². The van der Waals surface area contributed by atoms with Gasteiger partial charge in [0.05, 0.1) is 6.54 Å². The largest absolute Gasteiger partial charge is 0.378 e. The summed E-state index contributed by atoms with van der Waals surface area (Å²) in [6.45, 7) is 2.63. The van der Waals surface area contributed by atoms with Crippen LogP contribution in [0.5, 0.6) is 0 Å². The first-order chi connectivity index (χ1) is 8.16. The van der Waals surface area contributed by atoms with E-state index in [1.807, 2.05) is 18.4 Å². The molecule has 1 heterocycles. The number of aryl methyl sites for hydroxylation is 1. The number of anilines is 1. The van der Waals surface area contributed by atoms with Gasteiger partial charge in [0.2, 0.25) is 5.91 Å². The number of nitrogens with two attached hydrogens (primary N) is 1. The standard InChI is InChI=1S/C12H13N3OS/c1-8-6-9(12(13)16)2-3-10(8)15-7-11-14-4-5-17-11/h2-6,15H,7H2,1H3,(H2,13,16). The zero-order chi connectivity index (χ0) is 12.3. The van der Waals surface area contributed by atoms with Crippen LogP contribution in [-0.2, 0) is 6.54 Å². The summed E-state index contributed by atoms with van der Waals surface area (Å²) in [5.74, 6) is -0.403. The molecular formula is C12H13N3OS. The van der Waals surface area contributed by atoms with Crippen molar-refractivity contribution in [2.24, 2.45) is 5.73 Å². The van der Waals surface area contributed by atoms with Crippen LogP contribution in [-0.4, -0.2) is 10.9 Å². The van der Waals surface area contributed by atoms with Gasteiger partial charge in [0.15, 0.2) is 0 Å². The van der Waals surface area contributed by atoms with Gasteiger partial charge >= 0.3 is 0 Å². The summed E-state index contributed by atoms with van der Waals surface area (Å²) in [4.78, 5) is 15.2. The van der Waals surface area contributed by atoms with Crippen molar-refractivity contribution < 1.29 is 4.79 Å². The van der Waals surface area contributed by atoms with Gasteiger partial charge < -0.3 is 11.1 Å². The lowest BCUT2D eigenvalue weighted by molar-refractivity contribution is 0.1000. The van der Waals surface area contributed by atoms with Crippen LogP contribution in [0.2, 0.25) is 0 Å². The van der Waals surface area contributed by atoms with Crippen LogP contribution in [0.3, 0.4) is 0 Å². The van der Waals surface area contributed by atoms with E-state index in [4.69, 9.17) is 5.73 Å². The van der Waals surface area contributed by atoms with Gasteiger partial charge in [-0.15, -0.1) is 11.3 Å². The molecule has 4 nitrogen and oxygen atoms in total. The highest BCUT2D eigenvalue weighted by atomic mass is 32.1. The molecule has 0 saturated heterocycles. The lowest BCUT2D eigenvalue weighted by atomic mass is 10.1. The Balaban J connectivity index is 2.09. The molecule has 2 rings (SSSR count). The molecular weight excluding hydrogens is 234 g/mol. The second kappa shape index (κ2) is 4.97.